The second kappa shape index (κ2) is 6.57. The highest BCUT2D eigenvalue weighted by molar-refractivity contribution is 5.88. The van der Waals surface area contributed by atoms with Gasteiger partial charge in [-0.2, -0.15) is 8.78 Å². The molecule has 0 radical (unpaired) electrons. The topological polar surface area (TPSA) is 21.6 Å². The number of aliphatic imine (C=N–C) groups is 1. The molecule has 0 atom stereocenters. The lowest BCUT2D eigenvalue weighted by Gasteiger charge is -2.04. The van der Waals surface area contributed by atoms with Crippen molar-refractivity contribution in [3.05, 3.63) is 11.6 Å². The summed E-state index contributed by atoms with van der Waals surface area (Å²) in [5, 5.41) is 0. The first-order valence-electron chi connectivity index (χ1n) is 4.19. The summed E-state index contributed by atoms with van der Waals surface area (Å²) in [6, 6.07) is 0. The summed E-state index contributed by atoms with van der Waals surface area (Å²) in [4.78, 5) is 3.59. The van der Waals surface area contributed by atoms with Gasteiger partial charge in [0.1, 0.15) is 0 Å². The molecule has 0 aromatic heterocycles. The van der Waals surface area contributed by atoms with Crippen molar-refractivity contribution in [2.45, 2.75) is 33.3 Å². The predicted octanol–water partition coefficient (Wildman–Crippen LogP) is 3.00. The third kappa shape index (κ3) is 6.25. The monoisotopic (exact) mass is 191 g/mol. The molecule has 76 valence electrons. The van der Waals surface area contributed by atoms with E-state index in [-0.39, 0.29) is 5.90 Å². The van der Waals surface area contributed by atoms with E-state index in [1.807, 2.05) is 13.8 Å². The predicted molar refractivity (Wildman–Crippen MR) is 49.1 cm³/mol. The minimum atomic E-state index is -2.80. The van der Waals surface area contributed by atoms with E-state index in [1.165, 1.54) is 13.1 Å². The zero-order valence-electron chi connectivity index (χ0n) is 8.18. The Morgan fingerprint density at radius 3 is 2.54 bits per heavy atom. The Morgan fingerprint density at radius 1 is 1.54 bits per heavy atom. The molecule has 0 saturated heterocycles. The average molecular weight is 191 g/mol. The van der Waals surface area contributed by atoms with Crippen LogP contribution in [0.5, 0.6) is 0 Å². The maximum absolute atomic E-state index is 11.8. The first-order valence-corrected chi connectivity index (χ1v) is 4.19. The van der Waals surface area contributed by atoms with Gasteiger partial charge in [-0.15, -0.1) is 0 Å². The van der Waals surface area contributed by atoms with Gasteiger partial charge in [-0.3, -0.25) is 4.99 Å². The quantitative estimate of drug-likeness (QED) is 0.494. The lowest BCUT2D eigenvalue weighted by atomic mass is 10.2. The van der Waals surface area contributed by atoms with Gasteiger partial charge in [0.2, 0.25) is 5.90 Å². The van der Waals surface area contributed by atoms with Crippen molar-refractivity contribution in [1.29, 1.82) is 0 Å². The van der Waals surface area contributed by atoms with Crippen molar-refractivity contribution >= 4 is 5.90 Å². The van der Waals surface area contributed by atoms with Crippen molar-refractivity contribution in [3.8, 4) is 0 Å². The number of hydrogen-bond donors (Lipinski definition) is 0. The first kappa shape index (κ1) is 12.1. The van der Waals surface area contributed by atoms with Gasteiger partial charge in [-0.1, -0.05) is 18.9 Å². The number of rotatable bonds is 4. The number of alkyl halides is 2. The van der Waals surface area contributed by atoms with Crippen LogP contribution in [-0.4, -0.2) is 19.6 Å². The summed E-state index contributed by atoms with van der Waals surface area (Å²) in [5.41, 5.74) is 0.990. The van der Waals surface area contributed by atoms with Crippen molar-refractivity contribution in [2.24, 2.45) is 4.99 Å². The van der Waals surface area contributed by atoms with Crippen LogP contribution in [0.2, 0.25) is 0 Å². The summed E-state index contributed by atoms with van der Waals surface area (Å²) >= 11 is 0. The van der Waals surface area contributed by atoms with Crippen molar-refractivity contribution in [2.75, 3.05) is 7.05 Å². The molecule has 0 aromatic rings. The second-order valence-corrected chi connectivity index (χ2v) is 2.68. The van der Waals surface area contributed by atoms with Crippen LogP contribution in [0.4, 0.5) is 8.78 Å². The van der Waals surface area contributed by atoms with Gasteiger partial charge < -0.3 is 4.74 Å². The fourth-order valence-corrected chi connectivity index (χ4v) is 0.920. The van der Waals surface area contributed by atoms with E-state index in [0.717, 1.165) is 18.4 Å². The molecule has 0 heterocycles. The normalized spacial score (nSPS) is 13.7. The molecule has 2 nitrogen and oxygen atoms in total. The van der Waals surface area contributed by atoms with Gasteiger partial charge >= 0.3 is 6.61 Å². The van der Waals surface area contributed by atoms with E-state index in [2.05, 4.69) is 9.73 Å². The fourth-order valence-electron chi connectivity index (χ4n) is 0.920. The Morgan fingerprint density at radius 2 is 2.15 bits per heavy atom. The number of allylic oxidation sites excluding steroid dienone is 1. The lowest BCUT2D eigenvalue weighted by molar-refractivity contribution is -0.0594. The minimum Gasteiger partial charge on any atom is -0.417 e. The van der Waals surface area contributed by atoms with Crippen LogP contribution >= 0.6 is 0 Å². The fraction of sp³-hybridized carbons (Fsp3) is 0.667. The molecule has 0 spiro atoms. The third-order valence-corrected chi connectivity index (χ3v) is 1.44. The van der Waals surface area contributed by atoms with E-state index in [9.17, 15) is 8.78 Å². The lowest BCUT2D eigenvalue weighted by Crippen LogP contribution is -2.07. The zero-order valence-corrected chi connectivity index (χ0v) is 8.18. The maximum Gasteiger partial charge on any atom is 0.388 e. The van der Waals surface area contributed by atoms with Crippen LogP contribution < -0.4 is 0 Å². The first-order chi connectivity index (χ1) is 6.10. The third-order valence-electron chi connectivity index (χ3n) is 1.44. The van der Waals surface area contributed by atoms with Gasteiger partial charge in [-0.05, 0) is 19.4 Å². The van der Waals surface area contributed by atoms with Gasteiger partial charge in [0, 0.05) is 7.05 Å². The minimum absolute atomic E-state index is 0.0130. The molecular weight excluding hydrogens is 176 g/mol. The standard InChI is InChI=1S/C9H15F2NO/c1-4-5-7(2)6-8(12-3)13-9(10)11/h6,9H,4-5H2,1-3H3/b7-6-,12-8?. The Balaban J connectivity index is 4.19. The summed E-state index contributed by atoms with van der Waals surface area (Å²) in [7, 11) is 1.42. The molecule has 4 heteroatoms. The zero-order chi connectivity index (χ0) is 10.3. The molecule has 0 saturated carbocycles. The number of nitrogens with zero attached hydrogens (tertiary/aromatic N) is 1. The van der Waals surface area contributed by atoms with Crippen LogP contribution in [0.15, 0.2) is 16.6 Å². The highest BCUT2D eigenvalue weighted by atomic mass is 19.3. The molecule has 13 heavy (non-hydrogen) atoms. The Bertz CT molecular complexity index is 200. The summed E-state index contributed by atoms with van der Waals surface area (Å²) in [5.74, 6) is -0.0130. The molecule has 0 aliphatic rings. The number of hydrogen-bond acceptors (Lipinski definition) is 2. The van der Waals surface area contributed by atoms with Crippen LogP contribution in [0.3, 0.4) is 0 Å². The van der Waals surface area contributed by atoms with E-state index < -0.39 is 6.61 Å². The SMILES string of the molecule is CCC/C(C)=C\C(=NC)OC(F)F. The highest BCUT2D eigenvalue weighted by Crippen LogP contribution is 2.05. The van der Waals surface area contributed by atoms with E-state index in [1.54, 1.807) is 0 Å². The van der Waals surface area contributed by atoms with E-state index in [0.29, 0.717) is 0 Å². The smallest absolute Gasteiger partial charge is 0.388 e. The number of ether oxygens (including phenoxy) is 1. The van der Waals surface area contributed by atoms with E-state index in [4.69, 9.17) is 0 Å². The number of halogens is 2. The van der Waals surface area contributed by atoms with Crippen LogP contribution in [-0.2, 0) is 4.74 Å². The molecule has 0 N–H and O–H groups in total. The molecule has 0 rings (SSSR count). The van der Waals surface area contributed by atoms with Crippen molar-refractivity contribution in [1.82, 2.24) is 0 Å². The van der Waals surface area contributed by atoms with Crippen LogP contribution in [0.25, 0.3) is 0 Å². The van der Waals surface area contributed by atoms with Gasteiger partial charge in [0.15, 0.2) is 0 Å². The molecule has 0 unspecified atom stereocenters. The van der Waals surface area contributed by atoms with E-state index >= 15 is 0 Å². The highest BCUT2D eigenvalue weighted by Gasteiger charge is 2.05. The van der Waals surface area contributed by atoms with Crippen molar-refractivity contribution < 1.29 is 13.5 Å². The average Bonchev–Trinajstić information content (AvgIpc) is 2.02. The summed E-state index contributed by atoms with van der Waals surface area (Å²) in [6.07, 6.45) is 3.38. The molecule has 0 aliphatic heterocycles. The van der Waals surface area contributed by atoms with Crippen LogP contribution in [0, 0.1) is 0 Å². The Labute approximate surface area is 77.3 Å². The Hall–Kier alpha value is -0.930. The Kier molecular flexibility index (Phi) is 6.10. The van der Waals surface area contributed by atoms with Gasteiger partial charge in [0.05, 0.1) is 0 Å². The maximum atomic E-state index is 11.8. The van der Waals surface area contributed by atoms with Gasteiger partial charge in [0.25, 0.3) is 0 Å². The summed E-state index contributed by atoms with van der Waals surface area (Å²) in [6.45, 7) is 1.08. The molecule has 0 amide bonds. The molecule has 0 aliphatic carbocycles. The molecule has 0 aromatic carbocycles. The largest absolute Gasteiger partial charge is 0.417 e. The summed E-state index contributed by atoms with van der Waals surface area (Å²) < 4.78 is 27.7. The molecule has 0 bridgehead atoms. The van der Waals surface area contributed by atoms with Crippen molar-refractivity contribution in [3.63, 3.8) is 0 Å². The van der Waals surface area contributed by atoms with Gasteiger partial charge in [-0.25, -0.2) is 0 Å². The second-order valence-electron chi connectivity index (χ2n) is 2.68. The molecule has 0 fully saturated rings. The van der Waals surface area contributed by atoms with Crippen LogP contribution in [0.1, 0.15) is 26.7 Å². The molecular formula is C9H15F2NO.